The summed E-state index contributed by atoms with van der Waals surface area (Å²) in [4.78, 5) is 11.8. The van der Waals surface area contributed by atoms with E-state index in [-0.39, 0.29) is 6.61 Å². The molecule has 0 saturated carbocycles. The Hall–Kier alpha value is -2.90. The number of carbonyl (C=O) groups is 1. The molecule has 0 bridgehead atoms. The first-order valence-corrected chi connectivity index (χ1v) is 7.49. The van der Waals surface area contributed by atoms with Crippen LogP contribution in [0.15, 0.2) is 24.3 Å². The molecule has 0 aliphatic carbocycles. The van der Waals surface area contributed by atoms with Gasteiger partial charge in [-0.05, 0) is 40.6 Å². The second kappa shape index (κ2) is 8.66. The van der Waals surface area contributed by atoms with E-state index in [2.05, 4.69) is 15.5 Å². The number of benzene rings is 1. The standard InChI is InChI=1S/C16H20N4O4/c1-4-7-20-15(17-18-19-20)11-24-16(21)6-5-12-8-13(22-2)10-14(9-12)23-3/h5-6,8-10H,4,7,11H2,1-3H3/b6-5+. The highest BCUT2D eigenvalue weighted by Crippen LogP contribution is 2.23. The van der Waals surface area contributed by atoms with Crippen molar-refractivity contribution in [1.29, 1.82) is 0 Å². The molecule has 1 aromatic heterocycles. The molecule has 0 aliphatic rings. The Kier molecular flexibility index (Phi) is 6.30. The van der Waals surface area contributed by atoms with Crippen molar-refractivity contribution in [3.63, 3.8) is 0 Å². The smallest absolute Gasteiger partial charge is 0.331 e. The number of hydrogen-bond acceptors (Lipinski definition) is 7. The molecule has 0 aliphatic heterocycles. The first-order valence-electron chi connectivity index (χ1n) is 7.49. The molecular weight excluding hydrogens is 312 g/mol. The SMILES string of the molecule is CCCn1nnnc1COC(=O)/C=C/c1cc(OC)cc(OC)c1. The summed E-state index contributed by atoms with van der Waals surface area (Å²) in [6.07, 6.45) is 3.86. The average molecular weight is 332 g/mol. The molecular formula is C16H20N4O4. The minimum Gasteiger partial charge on any atom is -0.497 e. The Labute approximate surface area is 140 Å². The van der Waals surface area contributed by atoms with Crippen molar-refractivity contribution in [3.8, 4) is 11.5 Å². The lowest BCUT2D eigenvalue weighted by atomic mass is 10.2. The Morgan fingerprint density at radius 1 is 1.21 bits per heavy atom. The van der Waals surface area contributed by atoms with E-state index < -0.39 is 5.97 Å². The fourth-order valence-corrected chi connectivity index (χ4v) is 1.99. The van der Waals surface area contributed by atoms with E-state index in [1.54, 1.807) is 43.2 Å². The van der Waals surface area contributed by atoms with Crippen molar-refractivity contribution in [1.82, 2.24) is 20.2 Å². The van der Waals surface area contributed by atoms with Gasteiger partial charge in [0, 0.05) is 18.7 Å². The molecule has 0 spiro atoms. The fourth-order valence-electron chi connectivity index (χ4n) is 1.99. The van der Waals surface area contributed by atoms with Crippen LogP contribution < -0.4 is 9.47 Å². The summed E-state index contributed by atoms with van der Waals surface area (Å²) >= 11 is 0. The third kappa shape index (κ3) is 4.80. The number of esters is 1. The van der Waals surface area contributed by atoms with E-state index >= 15 is 0 Å². The molecule has 1 aromatic carbocycles. The topological polar surface area (TPSA) is 88.4 Å². The van der Waals surface area contributed by atoms with Crippen LogP contribution in [0, 0.1) is 0 Å². The number of aryl methyl sites for hydroxylation is 1. The van der Waals surface area contributed by atoms with Gasteiger partial charge < -0.3 is 14.2 Å². The quantitative estimate of drug-likeness (QED) is 0.538. The molecule has 0 unspecified atom stereocenters. The number of aromatic nitrogens is 4. The highest BCUT2D eigenvalue weighted by molar-refractivity contribution is 5.87. The number of tetrazole rings is 1. The zero-order chi connectivity index (χ0) is 17.4. The van der Waals surface area contributed by atoms with Crippen molar-refractivity contribution in [3.05, 3.63) is 35.7 Å². The third-order valence-electron chi connectivity index (χ3n) is 3.17. The van der Waals surface area contributed by atoms with Crippen LogP contribution in [-0.2, 0) is 22.7 Å². The normalized spacial score (nSPS) is 10.8. The first kappa shape index (κ1) is 17.5. The lowest BCUT2D eigenvalue weighted by Crippen LogP contribution is -2.09. The van der Waals surface area contributed by atoms with E-state index in [9.17, 15) is 4.79 Å². The summed E-state index contributed by atoms with van der Waals surface area (Å²) in [5.41, 5.74) is 0.763. The highest BCUT2D eigenvalue weighted by atomic mass is 16.5. The van der Waals surface area contributed by atoms with Crippen LogP contribution in [0.4, 0.5) is 0 Å². The monoisotopic (exact) mass is 332 g/mol. The van der Waals surface area contributed by atoms with E-state index in [1.165, 1.54) is 6.08 Å². The van der Waals surface area contributed by atoms with Crippen molar-refractivity contribution < 1.29 is 19.0 Å². The molecule has 1 heterocycles. The van der Waals surface area contributed by atoms with Crippen molar-refractivity contribution in [2.75, 3.05) is 14.2 Å². The van der Waals surface area contributed by atoms with Gasteiger partial charge in [-0.2, -0.15) is 0 Å². The van der Waals surface area contributed by atoms with Crippen molar-refractivity contribution >= 4 is 12.0 Å². The third-order valence-corrected chi connectivity index (χ3v) is 3.17. The van der Waals surface area contributed by atoms with Gasteiger partial charge in [0.15, 0.2) is 12.4 Å². The summed E-state index contributed by atoms with van der Waals surface area (Å²) in [6, 6.07) is 5.32. The van der Waals surface area contributed by atoms with Gasteiger partial charge in [0.05, 0.1) is 14.2 Å². The molecule has 128 valence electrons. The number of rotatable bonds is 8. The largest absolute Gasteiger partial charge is 0.497 e. The van der Waals surface area contributed by atoms with Crippen molar-refractivity contribution in [2.24, 2.45) is 0 Å². The second-order valence-electron chi connectivity index (χ2n) is 4.91. The summed E-state index contributed by atoms with van der Waals surface area (Å²) < 4.78 is 17.1. The summed E-state index contributed by atoms with van der Waals surface area (Å²) in [6.45, 7) is 2.72. The van der Waals surface area contributed by atoms with E-state index in [1.807, 2.05) is 6.92 Å². The van der Waals surface area contributed by atoms with Crippen molar-refractivity contribution in [2.45, 2.75) is 26.5 Å². The zero-order valence-corrected chi connectivity index (χ0v) is 13.9. The van der Waals surface area contributed by atoms with Gasteiger partial charge in [0.2, 0.25) is 0 Å². The van der Waals surface area contributed by atoms with Crippen LogP contribution in [0.5, 0.6) is 11.5 Å². The maximum atomic E-state index is 11.8. The molecule has 24 heavy (non-hydrogen) atoms. The number of hydrogen-bond donors (Lipinski definition) is 0. The summed E-state index contributed by atoms with van der Waals surface area (Å²) in [5, 5.41) is 11.2. The highest BCUT2D eigenvalue weighted by Gasteiger charge is 2.07. The first-order chi connectivity index (χ1) is 11.7. The van der Waals surface area contributed by atoms with Gasteiger partial charge in [-0.1, -0.05) is 6.92 Å². The molecule has 0 saturated heterocycles. The number of carbonyl (C=O) groups excluding carboxylic acids is 1. The molecule has 8 heteroatoms. The van der Waals surface area contributed by atoms with Crippen LogP contribution in [0.3, 0.4) is 0 Å². The van der Waals surface area contributed by atoms with Crippen LogP contribution in [0.25, 0.3) is 6.08 Å². The van der Waals surface area contributed by atoms with Gasteiger partial charge in [0.1, 0.15) is 11.5 Å². The minimum atomic E-state index is -0.483. The molecule has 0 N–H and O–H groups in total. The lowest BCUT2D eigenvalue weighted by molar-refractivity contribution is -0.139. The average Bonchev–Trinajstić information content (AvgIpc) is 3.05. The van der Waals surface area contributed by atoms with E-state index in [0.717, 1.165) is 12.0 Å². The van der Waals surface area contributed by atoms with Crippen LogP contribution in [0.1, 0.15) is 24.7 Å². The summed E-state index contributed by atoms with van der Waals surface area (Å²) in [7, 11) is 3.13. The van der Waals surface area contributed by atoms with Crippen LogP contribution >= 0.6 is 0 Å². The maximum Gasteiger partial charge on any atom is 0.331 e. The fraction of sp³-hybridized carbons (Fsp3) is 0.375. The maximum absolute atomic E-state index is 11.8. The summed E-state index contributed by atoms with van der Waals surface area (Å²) in [5.74, 6) is 1.31. The second-order valence-corrected chi connectivity index (χ2v) is 4.91. The van der Waals surface area contributed by atoms with E-state index in [0.29, 0.717) is 23.9 Å². The minimum absolute atomic E-state index is 0.0254. The Balaban J connectivity index is 1.96. The van der Waals surface area contributed by atoms with Crippen LogP contribution in [-0.4, -0.2) is 40.4 Å². The number of ether oxygens (including phenoxy) is 3. The molecule has 8 nitrogen and oxygen atoms in total. The predicted octanol–water partition coefficient (Wildman–Crippen LogP) is 1.86. The Morgan fingerprint density at radius 2 is 1.92 bits per heavy atom. The molecule has 0 radical (unpaired) electrons. The lowest BCUT2D eigenvalue weighted by Gasteiger charge is -2.06. The van der Waals surface area contributed by atoms with Gasteiger partial charge in [-0.25, -0.2) is 9.48 Å². The molecule has 0 fully saturated rings. The van der Waals surface area contributed by atoms with Gasteiger partial charge in [-0.15, -0.1) is 5.10 Å². The van der Waals surface area contributed by atoms with E-state index in [4.69, 9.17) is 14.2 Å². The van der Waals surface area contributed by atoms with Gasteiger partial charge in [-0.3, -0.25) is 0 Å². The molecule has 0 atom stereocenters. The number of nitrogens with zero attached hydrogens (tertiary/aromatic N) is 4. The van der Waals surface area contributed by atoms with Gasteiger partial charge in [0.25, 0.3) is 0 Å². The molecule has 0 amide bonds. The Morgan fingerprint density at radius 3 is 2.54 bits per heavy atom. The predicted molar refractivity (Wildman–Crippen MR) is 86.5 cm³/mol. The molecule has 2 rings (SSSR count). The Bertz CT molecular complexity index is 690. The molecule has 2 aromatic rings. The van der Waals surface area contributed by atoms with Gasteiger partial charge >= 0.3 is 5.97 Å². The van der Waals surface area contributed by atoms with Crippen LogP contribution in [0.2, 0.25) is 0 Å². The zero-order valence-electron chi connectivity index (χ0n) is 13.9. The number of methoxy groups -OCH3 is 2.